The van der Waals surface area contributed by atoms with Gasteiger partial charge in [-0.05, 0) is 81.4 Å². The van der Waals surface area contributed by atoms with Crippen LogP contribution in [-0.2, 0) is 22.4 Å². The lowest BCUT2D eigenvalue weighted by Gasteiger charge is -2.22. The van der Waals surface area contributed by atoms with Crippen LogP contribution < -0.4 is 0 Å². The maximum absolute atomic E-state index is 10.5. The highest BCUT2D eigenvalue weighted by Crippen LogP contribution is 2.41. The molecule has 160 valence electrons. The topological polar surface area (TPSA) is 87.0 Å². The molecule has 5 nitrogen and oxygen atoms in total. The van der Waals surface area contributed by atoms with E-state index >= 15 is 0 Å². The van der Waals surface area contributed by atoms with E-state index in [1.807, 2.05) is 13.8 Å². The van der Waals surface area contributed by atoms with Gasteiger partial charge in [0.15, 0.2) is 11.5 Å². The lowest BCUT2D eigenvalue weighted by Crippen LogP contribution is -2.23. The first-order chi connectivity index (χ1) is 13.0. The number of carbonyl (C=O) groups is 1. The Morgan fingerprint density at radius 3 is 1.79 bits per heavy atom. The molecule has 0 saturated carbocycles. The van der Waals surface area contributed by atoms with E-state index in [1.165, 1.54) is 0 Å². The van der Waals surface area contributed by atoms with Crippen molar-refractivity contribution in [2.24, 2.45) is 5.41 Å². The zero-order chi connectivity index (χ0) is 21.4. The highest BCUT2D eigenvalue weighted by molar-refractivity contribution is 5.57. The average Bonchev–Trinajstić information content (AvgIpc) is 2.58. The lowest BCUT2D eigenvalue weighted by molar-refractivity contribution is -0.140. The number of phenolic OH excluding ortho intramolecular Hbond substituents is 3. The number of aryl methyl sites for hydroxylation is 2. The third-order valence-corrected chi connectivity index (χ3v) is 5.12. The van der Waals surface area contributed by atoms with E-state index in [0.717, 1.165) is 44.9 Å². The Bertz CT molecular complexity index is 629. The average molecular weight is 395 g/mol. The van der Waals surface area contributed by atoms with Gasteiger partial charge in [0.05, 0.1) is 0 Å². The summed E-state index contributed by atoms with van der Waals surface area (Å²) >= 11 is 0. The Balaban J connectivity index is 2.61. The molecule has 0 aromatic heterocycles. The van der Waals surface area contributed by atoms with E-state index in [2.05, 4.69) is 20.8 Å². The van der Waals surface area contributed by atoms with Crippen LogP contribution in [0.1, 0.15) is 90.7 Å². The normalized spacial score (nSPS) is 12.2. The molecule has 0 amide bonds. The van der Waals surface area contributed by atoms with E-state index in [-0.39, 0.29) is 11.5 Å². The summed E-state index contributed by atoms with van der Waals surface area (Å²) in [7, 11) is 0. The molecule has 0 aliphatic rings. The van der Waals surface area contributed by atoms with Crippen LogP contribution in [-0.4, -0.2) is 27.4 Å². The van der Waals surface area contributed by atoms with Gasteiger partial charge in [-0.15, -0.1) is 0 Å². The van der Waals surface area contributed by atoms with Gasteiger partial charge in [-0.3, -0.25) is 4.79 Å². The number of unbranched alkanes of at least 4 members (excludes halogenated alkanes) is 3. The molecule has 0 bridgehead atoms. The fourth-order valence-corrected chi connectivity index (χ4v) is 3.35. The van der Waals surface area contributed by atoms with Gasteiger partial charge in [0.1, 0.15) is 5.60 Å². The summed E-state index contributed by atoms with van der Waals surface area (Å²) in [5.74, 6) is -0.873. The predicted molar refractivity (Wildman–Crippen MR) is 112 cm³/mol. The van der Waals surface area contributed by atoms with Crippen LogP contribution in [0.5, 0.6) is 17.2 Å². The summed E-state index contributed by atoms with van der Waals surface area (Å²) in [5.41, 5.74) is 1.16. The van der Waals surface area contributed by atoms with Gasteiger partial charge in [-0.25, -0.2) is 0 Å². The smallest absolute Gasteiger partial charge is 0.293 e. The van der Waals surface area contributed by atoms with E-state index < -0.39 is 11.4 Å². The van der Waals surface area contributed by atoms with Crippen molar-refractivity contribution >= 4 is 6.47 Å². The Kier molecular flexibility index (Phi) is 9.12. The molecule has 0 heterocycles. The lowest BCUT2D eigenvalue weighted by atomic mass is 9.89. The Labute approximate surface area is 169 Å². The second-order valence-electron chi connectivity index (χ2n) is 9.54. The van der Waals surface area contributed by atoms with Crippen LogP contribution in [0.3, 0.4) is 0 Å². The molecule has 0 aliphatic heterocycles. The number of ether oxygens (including phenoxy) is 1. The maximum atomic E-state index is 10.5. The zero-order valence-electron chi connectivity index (χ0n) is 18.2. The molecule has 0 aliphatic carbocycles. The second kappa shape index (κ2) is 10.6. The van der Waals surface area contributed by atoms with E-state index in [9.17, 15) is 20.1 Å². The van der Waals surface area contributed by atoms with Crippen molar-refractivity contribution < 1.29 is 24.9 Å². The summed E-state index contributed by atoms with van der Waals surface area (Å²) in [6.45, 7) is 10.9. The summed E-state index contributed by atoms with van der Waals surface area (Å²) < 4.78 is 5.04. The quantitative estimate of drug-likeness (QED) is 0.243. The molecule has 1 rings (SSSR count). The molecule has 1 aromatic carbocycles. The monoisotopic (exact) mass is 394 g/mol. The van der Waals surface area contributed by atoms with Crippen LogP contribution in [0.15, 0.2) is 6.07 Å². The molecule has 3 N–H and O–H groups in total. The SMILES string of the molecule is CC(C)(C)CCCCCc1cc(CCCCC(C)(C)OC=O)c(O)c(O)c1O. The van der Waals surface area contributed by atoms with Crippen LogP contribution in [0.2, 0.25) is 0 Å². The van der Waals surface area contributed by atoms with Crippen LogP contribution in [0.4, 0.5) is 0 Å². The first-order valence-corrected chi connectivity index (χ1v) is 10.3. The van der Waals surface area contributed by atoms with Crippen molar-refractivity contribution in [2.75, 3.05) is 0 Å². The third kappa shape index (κ3) is 8.41. The summed E-state index contributed by atoms with van der Waals surface area (Å²) in [6, 6.07) is 1.81. The number of carbonyl (C=O) groups excluding carboxylic acids is 1. The maximum Gasteiger partial charge on any atom is 0.293 e. The fourth-order valence-electron chi connectivity index (χ4n) is 3.35. The van der Waals surface area contributed by atoms with E-state index in [0.29, 0.717) is 35.9 Å². The summed E-state index contributed by atoms with van der Waals surface area (Å²) in [5, 5.41) is 30.4. The molecule has 0 saturated heterocycles. The Hall–Kier alpha value is -1.91. The molecule has 0 spiro atoms. The Morgan fingerprint density at radius 1 is 0.786 bits per heavy atom. The highest BCUT2D eigenvalue weighted by Gasteiger charge is 2.19. The molecule has 0 atom stereocenters. The van der Waals surface area contributed by atoms with Crippen LogP contribution in [0.25, 0.3) is 0 Å². The minimum atomic E-state index is -0.501. The summed E-state index contributed by atoms with van der Waals surface area (Å²) in [4.78, 5) is 10.5. The van der Waals surface area contributed by atoms with Gasteiger partial charge in [-0.1, -0.05) is 33.6 Å². The number of hydrogen-bond donors (Lipinski definition) is 3. The number of aromatic hydroxyl groups is 3. The zero-order valence-corrected chi connectivity index (χ0v) is 18.2. The number of benzene rings is 1. The number of rotatable bonds is 12. The number of hydrogen-bond acceptors (Lipinski definition) is 5. The van der Waals surface area contributed by atoms with Crippen molar-refractivity contribution in [1.29, 1.82) is 0 Å². The van der Waals surface area contributed by atoms with Gasteiger partial charge in [0.25, 0.3) is 6.47 Å². The standard InChI is InChI=1S/C23H38O5/c1-22(2,3)13-9-6-7-11-17-15-18(20(26)21(27)19(17)25)12-8-10-14-23(4,5)28-16-24/h15-16,25-27H,6-14H2,1-5H3. The molecule has 0 unspecified atom stereocenters. The van der Waals surface area contributed by atoms with E-state index in [4.69, 9.17) is 4.74 Å². The molecular weight excluding hydrogens is 356 g/mol. The second-order valence-corrected chi connectivity index (χ2v) is 9.54. The Morgan fingerprint density at radius 2 is 1.29 bits per heavy atom. The molecule has 0 fully saturated rings. The van der Waals surface area contributed by atoms with Crippen molar-refractivity contribution in [1.82, 2.24) is 0 Å². The van der Waals surface area contributed by atoms with Crippen molar-refractivity contribution in [2.45, 2.75) is 98.0 Å². The summed E-state index contributed by atoms with van der Waals surface area (Å²) in [6.07, 6.45) is 7.90. The van der Waals surface area contributed by atoms with Gasteiger partial charge < -0.3 is 20.1 Å². The predicted octanol–water partition coefficient (Wildman–Crippen LogP) is 5.62. The van der Waals surface area contributed by atoms with Gasteiger partial charge in [0.2, 0.25) is 5.75 Å². The molecular formula is C23H38O5. The minimum Gasteiger partial charge on any atom is -0.504 e. The first-order valence-electron chi connectivity index (χ1n) is 10.3. The fraction of sp³-hybridized carbons (Fsp3) is 0.696. The number of phenols is 3. The van der Waals surface area contributed by atoms with Gasteiger partial charge in [-0.2, -0.15) is 0 Å². The van der Waals surface area contributed by atoms with Gasteiger partial charge in [0, 0.05) is 0 Å². The molecule has 5 heteroatoms. The first kappa shape index (κ1) is 24.1. The largest absolute Gasteiger partial charge is 0.504 e. The van der Waals surface area contributed by atoms with Crippen LogP contribution >= 0.6 is 0 Å². The highest BCUT2D eigenvalue weighted by atomic mass is 16.5. The van der Waals surface area contributed by atoms with Crippen molar-refractivity contribution in [3.63, 3.8) is 0 Å². The minimum absolute atomic E-state index is 0.211. The van der Waals surface area contributed by atoms with Gasteiger partial charge >= 0.3 is 0 Å². The van der Waals surface area contributed by atoms with Crippen molar-refractivity contribution in [3.8, 4) is 17.2 Å². The molecule has 0 radical (unpaired) electrons. The van der Waals surface area contributed by atoms with E-state index in [1.54, 1.807) is 6.07 Å². The molecule has 1 aromatic rings. The third-order valence-electron chi connectivity index (χ3n) is 5.12. The van der Waals surface area contributed by atoms with Crippen LogP contribution in [0, 0.1) is 5.41 Å². The van der Waals surface area contributed by atoms with Crippen molar-refractivity contribution in [3.05, 3.63) is 17.2 Å². The molecule has 28 heavy (non-hydrogen) atoms.